The smallest absolute Gasteiger partial charge is 0.322 e. The highest BCUT2D eigenvalue weighted by molar-refractivity contribution is 9.10. The summed E-state index contributed by atoms with van der Waals surface area (Å²) in [5.41, 5.74) is 0.823. The maximum absolute atomic E-state index is 11.6. The molecule has 0 amide bonds. The number of aromatic nitrogens is 2. The van der Waals surface area contributed by atoms with Crippen molar-refractivity contribution in [3.8, 4) is 0 Å². The van der Waals surface area contributed by atoms with Crippen molar-refractivity contribution in [1.82, 2.24) is 14.4 Å². The molecule has 1 saturated heterocycles. The van der Waals surface area contributed by atoms with Crippen LogP contribution in [-0.4, -0.2) is 51.1 Å². The molecule has 2 heterocycles. The van der Waals surface area contributed by atoms with E-state index in [9.17, 15) is 4.21 Å². The summed E-state index contributed by atoms with van der Waals surface area (Å²) in [5.74, 6) is 1.000. The maximum Gasteiger partial charge on any atom is 0.324 e. The van der Waals surface area contributed by atoms with Gasteiger partial charge in [0.2, 0.25) is 0 Å². The molecule has 26 heavy (non-hydrogen) atoms. The van der Waals surface area contributed by atoms with E-state index in [2.05, 4.69) is 58.9 Å². The Hall–Kier alpha value is -1.25. The minimum atomic E-state index is -0.929. The summed E-state index contributed by atoms with van der Waals surface area (Å²) in [6.07, 6.45) is 1.72. The van der Waals surface area contributed by atoms with E-state index in [1.165, 1.54) is 0 Å². The lowest BCUT2D eigenvalue weighted by atomic mass is 9.73. The van der Waals surface area contributed by atoms with Gasteiger partial charge in [0, 0.05) is 36.9 Å². The predicted molar refractivity (Wildman–Crippen MR) is 108 cm³/mol. The number of halogens is 1. The van der Waals surface area contributed by atoms with E-state index in [1.807, 2.05) is 16.4 Å². The Balaban J connectivity index is 1.85. The molecular weight excluding hydrogens is 416 g/mol. The summed E-state index contributed by atoms with van der Waals surface area (Å²) >= 11 is 3.49. The molecule has 1 aromatic carbocycles. The molecule has 0 saturated carbocycles. The van der Waals surface area contributed by atoms with Crippen LogP contribution < -0.4 is 4.90 Å². The zero-order chi connectivity index (χ0) is 18.9. The van der Waals surface area contributed by atoms with Crippen LogP contribution in [0.15, 0.2) is 33.3 Å². The molecule has 1 aromatic heterocycles. The lowest BCUT2D eigenvalue weighted by Crippen LogP contribution is -2.46. The summed E-state index contributed by atoms with van der Waals surface area (Å²) in [4.78, 5) is 6.81. The largest absolute Gasteiger partial charge is 0.324 e. The summed E-state index contributed by atoms with van der Waals surface area (Å²) in [6.45, 7) is 9.44. The topological polar surface area (TPSA) is 62.5 Å². The Morgan fingerprint density at radius 3 is 2.35 bits per heavy atom. The molecule has 0 bridgehead atoms. The molecule has 8 heteroatoms. The van der Waals surface area contributed by atoms with Gasteiger partial charge >= 0.3 is 6.01 Å². The molecule has 142 valence electrons. The van der Waals surface area contributed by atoms with Crippen molar-refractivity contribution in [3.63, 3.8) is 0 Å². The molecule has 6 nitrogen and oxygen atoms in total. The number of rotatable bonds is 5. The molecule has 0 spiro atoms. The Bertz CT molecular complexity index is 772. The lowest BCUT2D eigenvalue weighted by molar-refractivity contribution is 0.340. The van der Waals surface area contributed by atoms with Crippen LogP contribution in [0, 0.1) is 5.92 Å². The van der Waals surface area contributed by atoms with Crippen molar-refractivity contribution < 1.29 is 8.73 Å². The Morgan fingerprint density at radius 2 is 1.81 bits per heavy atom. The Kier molecular flexibility index (Phi) is 5.84. The van der Waals surface area contributed by atoms with Gasteiger partial charge in [0.15, 0.2) is 5.82 Å². The summed E-state index contributed by atoms with van der Waals surface area (Å²) in [5, 5.41) is 4.32. The van der Waals surface area contributed by atoms with E-state index in [-0.39, 0.29) is 5.41 Å². The van der Waals surface area contributed by atoms with E-state index in [1.54, 1.807) is 6.26 Å². The third kappa shape index (κ3) is 3.73. The van der Waals surface area contributed by atoms with Gasteiger partial charge in [0.25, 0.3) is 0 Å². The molecule has 2 aromatic rings. The maximum atomic E-state index is 11.6. The molecule has 0 aliphatic carbocycles. The van der Waals surface area contributed by atoms with Crippen LogP contribution >= 0.6 is 15.9 Å². The van der Waals surface area contributed by atoms with Crippen molar-refractivity contribution in [3.05, 3.63) is 40.1 Å². The average molecular weight is 441 g/mol. The molecule has 1 aliphatic heterocycles. The van der Waals surface area contributed by atoms with E-state index in [0.717, 1.165) is 36.2 Å². The first-order chi connectivity index (χ1) is 12.3. The number of hydrogen-bond acceptors (Lipinski definition) is 5. The van der Waals surface area contributed by atoms with Crippen molar-refractivity contribution in [2.24, 2.45) is 5.92 Å². The molecule has 0 N–H and O–H groups in total. The Morgan fingerprint density at radius 1 is 1.19 bits per heavy atom. The van der Waals surface area contributed by atoms with Gasteiger partial charge in [-0.05, 0) is 30.5 Å². The van der Waals surface area contributed by atoms with Gasteiger partial charge in [-0.25, -0.2) is 8.51 Å². The monoisotopic (exact) mass is 440 g/mol. The quantitative estimate of drug-likeness (QED) is 0.713. The Labute approximate surface area is 165 Å². The highest BCUT2D eigenvalue weighted by Crippen LogP contribution is 2.38. The van der Waals surface area contributed by atoms with Crippen molar-refractivity contribution in [2.75, 3.05) is 37.3 Å². The van der Waals surface area contributed by atoms with E-state index in [0.29, 0.717) is 17.8 Å². The molecule has 2 atom stereocenters. The normalized spacial score (nSPS) is 19.5. The third-order valence-corrected chi connectivity index (χ3v) is 6.97. The second-order valence-electron chi connectivity index (χ2n) is 7.10. The standard InChI is InChI=1S/C18H25BrN4O2S/c1-13(2)18(3,14-5-7-15(19)8-6-14)16-20-17(25-21-16)22-9-11-23(12-10-22)26(4)24/h5-8,13H,9-12H2,1-4H3. The molecule has 3 rings (SSSR count). The van der Waals surface area contributed by atoms with Gasteiger partial charge in [-0.2, -0.15) is 4.98 Å². The highest BCUT2D eigenvalue weighted by Gasteiger charge is 2.38. The summed E-state index contributed by atoms with van der Waals surface area (Å²) in [6, 6.07) is 8.85. The van der Waals surface area contributed by atoms with Gasteiger partial charge < -0.3 is 9.42 Å². The van der Waals surface area contributed by atoms with E-state index in [4.69, 9.17) is 9.51 Å². The zero-order valence-electron chi connectivity index (χ0n) is 15.6. The molecule has 1 fully saturated rings. The van der Waals surface area contributed by atoms with Gasteiger partial charge in [-0.3, -0.25) is 0 Å². The van der Waals surface area contributed by atoms with Crippen LogP contribution in [0.25, 0.3) is 0 Å². The van der Waals surface area contributed by atoms with E-state index >= 15 is 0 Å². The SMILES string of the molecule is CC(C)C(C)(c1ccc(Br)cc1)c1noc(N2CCN(S(C)=O)CC2)n1. The summed E-state index contributed by atoms with van der Waals surface area (Å²) < 4.78 is 20.2. The van der Waals surface area contributed by atoms with Crippen LogP contribution in [0.3, 0.4) is 0 Å². The molecule has 0 radical (unpaired) electrons. The van der Waals surface area contributed by atoms with Crippen molar-refractivity contribution >= 4 is 32.9 Å². The fraction of sp³-hybridized carbons (Fsp3) is 0.556. The first kappa shape index (κ1) is 19.5. The van der Waals surface area contributed by atoms with Crippen LogP contribution in [0.5, 0.6) is 0 Å². The van der Waals surface area contributed by atoms with Crippen LogP contribution in [0.1, 0.15) is 32.2 Å². The van der Waals surface area contributed by atoms with Crippen LogP contribution in [0.4, 0.5) is 6.01 Å². The molecule has 2 unspecified atom stereocenters. The third-order valence-electron chi connectivity index (χ3n) is 5.35. The fourth-order valence-electron chi connectivity index (χ4n) is 3.21. The average Bonchev–Trinajstić information content (AvgIpc) is 3.12. The molecular formula is C18H25BrN4O2S. The van der Waals surface area contributed by atoms with Crippen molar-refractivity contribution in [1.29, 1.82) is 0 Å². The minimum absolute atomic E-state index is 0.300. The number of nitrogens with zero attached hydrogens (tertiary/aromatic N) is 4. The zero-order valence-corrected chi connectivity index (χ0v) is 18.0. The first-order valence-electron chi connectivity index (χ1n) is 8.76. The van der Waals surface area contributed by atoms with E-state index < -0.39 is 11.0 Å². The minimum Gasteiger partial charge on any atom is -0.322 e. The van der Waals surface area contributed by atoms with Crippen LogP contribution in [-0.2, 0) is 16.4 Å². The number of benzene rings is 1. The first-order valence-corrected chi connectivity index (χ1v) is 11.1. The second-order valence-corrected chi connectivity index (χ2v) is 9.38. The highest BCUT2D eigenvalue weighted by atomic mass is 79.9. The number of anilines is 1. The molecule has 1 aliphatic rings. The predicted octanol–water partition coefficient (Wildman–Crippen LogP) is 3.21. The van der Waals surface area contributed by atoms with Crippen LogP contribution in [0.2, 0.25) is 0 Å². The van der Waals surface area contributed by atoms with Gasteiger partial charge in [0.05, 0.1) is 16.4 Å². The summed E-state index contributed by atoms with van der Waals surface area (Å²) in [7, 11) is -0.929. The number of piperazine rings is 1. The number of hydrogen-bond donors (Lipinski definition) is 0. The van der Waals surface area contributed by atoms with Gasteiger partial charge in [-0.1, -0.05) is 47.1 Å². The second kappa shape index (κ2) is 7.78. The van der Waals surface area contributed by atoms with Gasteiger partial charge in [0.1, 0.15) is 0 Å². The van der Waals surface area contributed by atoms with Gasteiger partial charge in [-0.15, -0.1) is 0 Å². The fourth-order valence-corrected chi connectivity index (χ4v) is 4.15. The lowest BCUT2D eigenvalue weighted by Gasteiger charge is -2.32. The van der Waals surface area contributed by atoms with Crippen molar-refractivity contribution in [2.45, 2.75) is 26.2 Å².